The number of carbonyl (C=O) groups excluding carboxylic acids is 2. The highest BCUT2D eigenvalue weighted by atomic mass is 35.5. The number of aliphatic hydroxyl groups is 1. The van der Waals surface area contributed by atoms with Gasteiger partial charge in [-0.1, -0.05) is 41.9 Å². The number of methoxy groups -OCH3 is 1. The van der Waals surface area contributed by atoms with Crippen molar-refractivity contribution in [3.05, 3.63) is 112 Å². The smallest absolute Gasteiger partial charge is 0.251 e. The van der Waals surface area contributed by atoms with Gasteiger partial charge >= 0.3 is 0 Å². The molecule has 5 aromatic rings. The zero-order chi connectivity index (χ0) is 32.0. The number of halogens is 4. The fourth-order valence-electron chi connectivity index (χ4n) is 5.10. The van der Waals surface area contributed by atoms with Crippen LogP contribution in [0.4, 0.5) is 13.2 Å². The standard InChI is InChI=1S/C32H25ClF3N5O4/c1-45-25-10-16(9-17-14-41(19-7-8-19)40-28(17)25)31(43)38-15-32(44,18-5-3-2-4-6-18)26-12-21(30(37)42)27(36)29(39-26)20-11-22(33)24(35)13-23(20)34/h2-6,9-14,19,44H,7-8,15H2,1H3,(H2,37,42)(H,38,43)/t32-/m1/s1. The number of nitrogens with zero attached hydrogens (tertiary/aromatic N) is 3. The Morgan fingerprint density at radius 2 is 1.84 bits per heavy atom. The van der Waals surface area contributed by atoms with E-state index in [1.165, 1.54) is 25.3 Å². The third kappa shape index (κ3) is 5.58. The van der Waals surface area contributed by atoms with Gasteiger partial charge in [-0.3, -0.25) is 14.3 Å². The van der Waals surface area contributed by atoms with Gasteiger partial charge in [-0.25, -0.2) is 18.2 Å². The van der Waals surface area contributed by atoms with Crippen molar-refractivity contribution in [2.45, 2.75) is 24.5 Å². The van der Waals surface area contributed by atoms with E-state index in [0.29, 0.717) is 28.8 Å². The van der Waals surface area contributed by atoms with Gasteiger partial charge in [0.05, 0.1) is 36.0 Å². The molecule has 9 nitrogen and oxygen atoms in total. The van der Waals surface area contributed by atoms with E-state index in [1.807, 2.05) is 10.9 Å². The van der Waals surface area contributed by atoms with Gasteiger partial charge in [-0.2, -0.15) is 5.10 Å². The van der Waals surface area contributed by atoms with Crippen LogP contribution in [0, 0.1) is 17.5 Å². The quantitative estimate of drug-likeness (QED) is 0.189. The van der Waals surface area contributed by atoms with E-state index < -0.39 is 63.3 Å². The maximum Gasteiger partial charge on any atom is 0.251 e. The lowest BCUT2D eigenvalue weighted by Gasteiger charge is -2.29. The number of carbonyl (C=O) groups is 2. The highest BCUT2D eigenvalue weighted by molar-refractivity contribution is 6.31. The number of hydrogen-bond donors (Lipinski definition) is 3. The number of amides is 2. The van der Waals surface area contributed by atoms with Crippen molar-refractivity contribution >= 4 is 34.3 Å². The Balaban J connectivity index is 1.42. The van der Waals surface area contributed by atoms with Crippen molar-refractivity contribution in [3.8, 4) is 17.0 Å². The van der Waals surface area contributed by atoms with E-state index in [-0.39, 0.29) is 16.8 Å². The molecule has 1 atom stereocenters. The fourth-order valence-corrected chi connectivity index (χ4v) is 5.27. The first-order chi connectivity index (χ1) is 21.5. The summed E-state index contributed by atoms with van der Waals surface area (Å²) in [6, 6.07) is 13.6. The summed E-state index contributed by atoms with van der Waals surface area (Å²) >= 11 is 5.84. The predicted octanol–water partition coefficient (Wildman–Crippen LogP) is 5.28. The molecule has 0 radical (unpaired) electrons. The number of nitrogens with two attached hydrogens (primary N) is 1. The third-order valence-electron chi connectivity index (χ3n) is 7.66. The second-order valence-electron chi connectivity index (χ2n) is 10.7. The molecule has 1 aliphatic carbocycles. The number of aromatic nitrogens is 3. The van der Waals surface area contributed by atoms with Gasteiger partial charge in [0.2, 0.25) is 0 Å². The molecule has 13 heteroatoms. The lowest BCUT2D eigenvalue weighted by molar-refractivity contribution is 0.0665. The Morgan fingerprint density at radius 3 is 2.51 bits per heavy atom. The van der Waals surface area contributed by atoms with Crippen molar-refractivity contribution in [2.75, 3.05) is 13.7 Å². The van der Waals surface area contributed by atoms with Crippen molar-refractivity contribution in [1.82, 2.24) is 20.1 Å². The number of fused-ring (bicyclic) bond motifs is 1. The average molecular weight is 636 g/mol. The monoisotopic (exact) mass is 635 g/mol. The van der Waals surface area contributed by atoms with Gasteiger partial charge in [-0.15, -0.1) is 0 Å². The zero-order valence-electron chi connectivity index (χ0n) is 23.7. The molecule has 230 valence electrons. The van der Waals surface area contributed by atoms with Gasteiger partial charge in [0.15, 0.2) is 5.82 Å². The Hall–Kier alpha value is -4.94. The van der Waals surface area contributed by atoms with Gasteiger partial charge in [0, 0.05) is 28.8 Å². The van der Waals surface area contributed by atoms with Crippen molar-refractivity contribution in [2.24, 2.45) is 5.73 Å². The van der Waals surface area contributed by atoms with Crippen LogP contribution < -0.4 is 15.8 Å². The SMILES string of the molecule is COc1cc(C(=O)NC[C@@](O)(c2ccccc2)c2cc(C(N)=O)c(F)c(-c3cc(Cl)c(F)cc3F)n2)cc2cn(C3CC3)nc12. The van der Waals surface area contributed by atoms with Crippen LogP contribution in [0.2, 0.25) is 5.02 Å². The van der Waals surface area contributed by atoms with Gasteiger partial charge in [-0.05, 0) is 42.7 Å². The molecule has 2 amide bonds. The normalized spacial score (nSPS) is 14.3. The lowest BCUT2D eigenvalue weighted by atomic mass is 9.88. The second-order valence-corrected chi connectivity index (χ2v) is 11.1. The third-order valence-corrected chi connectivity index (χ3v) is 7.95. The number of benzene rings is 3. The van der Waals surface area contributed by atoms with Crippen molar-refractivity contribution < 1.29 is 32.6 Å². The highest BCUT2D eigenvalue weighted by Gasteiger charge is 2.37. The molecule has 0 saturated heterocycles. The molecule has 0 aliphatic heterocycles. The van der Waals surface area contributed by atoms with Crippen LogP contribution in [0.3, 0.4) is 0 Å². The molecule has 0 bridgehead atoms. The van der Waals surface area contributed by atoms with E-state index in [9.17, 15) is 23.5 Å². The van der Waals surface area contributed by atoms with E-state index in [0.717, 1.165) is 25.0 Å². The first kappa shape index (κ1) is 30.1. The minimum Gasteiger partial charge on any atom is -0.494 e. The molecule has 0 spiro atoms. The number of nitrogens with one attached hydrogen (secondary N) is 1. The number of hydrogen-bond acceptors (Lipinski definition) is 6. The van der Waals surface area contributed by atoms with Gasteiger partial charge in [0.25, 0.3) is 11.8 Å². The van der Waals surface area contributed by atoms with E-state index in [1.54, 1.807) is 24.3 Å². The predicted molar refractivity (Wildman–Crippen MR) is 159 cm³/mol. The first-order valence-electron chi connectivity index (χ1n) is 13.8. The van der Waals surface area contributed by atoms with Gasteiger partial charge in [0.1, 0.15) is 34.2 Å². The zero-order valence-corrected chi connectivity index (χ0v) is 24.4. The number of pyridine rings is 1. The van der Waals surface area contributed by atoms with Crippen LogP contribution >= 0.6 is 11.6 Å². The highest BCUT2D eigenvalue weighted by Crippen LogP contribution is 2.38. The van der Waals surface area contributed by atoms with E-state index >= 15 is 4.39 Å². The molecule has 1 aliphatic rings. The van der Waals surface area contributed by atoms with Crippen LogP contribution in [0.25, 0.3) is 22.2 Å². The first-order valence-corrected chi connectivity index (χ1v) is 14.2. The maximum atomic E-state index is 15.5. The summed E-state index contributed by atoms with van der Waals surface area (Å²) < 4.78 is 51.7. The van der Waals surface area contributed by atoms with Crippen LogP contribution in [0.15, 0.2) is 66.9 Å². The van der Waals surface area contributed by atoms with Gasteiger partial charge < -0.3 is 20.9 Å². The molecule has 2 aromatic heterocycles. The molecular weight excluding hydrogens is 611 g/mol. The van der Waals surface area contributed by atoms with Crippen molar-refractivity contribution in [3.63, 3.8) is 0 Å². The Labute approximate surface area is 259 Å². The summed E-state index contributed by atoms with van der Waals surface area (Å²) in [5, 5.41) is 19.6. The number of rotatable bonds is 9. The van der Waals surface area contributed by atoms with Crippen LogP contribution in [-0.4, -0.2) is 45.3 Å². The Bertz CT molecular complexity index is 1980. The molecule has 2 heterocycles. The number of primary amides is 1. The van der Waals surface area contributed by atoms with Crippen molar-refractivity contribution in [1.29, 1.82) is 0 Å². The molecule has 4 N–H and O–H groups in total. The molecule has 1 fully saturated rings. The van der Waals surface area contributed by atoms with Crippen LogP contribution in [0.5, 0.6) is 5.75 Å². The lowest BCUT2D eigenvalue weighted by Crippen LogP contribution is -2.42. The minimum atomic E-state index is -2.20. The van der Waals surface area contributed by atoms with E-state index in [2.05, 4.69) is 15.4 Å². The second kappa shape index (κ2) is 11.5. The van der Waals surface area contributed by atoms with Crippen LogP contribution in [-0.2, 0) is 5.60 Å². The summed E-state index contributed by atoms with van der Waals surface area (Å²) in [6.45, 7) is -0.527. The minimum absolute atomic E-state index is 0.196. The average Bonchev–Trinajstić information content (AvgIpc) is 3.79. The summed E-state index contributed by atoms with van der Waals surface area (Å²) in [5.41, 5.74) is 1.85. The maximum absolute atomic E-state index is 15.5. The summed E-state index contributed by atoms with van der Waals surface area (Å²) in [7, 11) is 1.46. The Morgan fingerprint density at radius 1 is 1.11 bits per heavy atom. The molecular formula is C32H25ClF3N5O4. The fraction of sp³-hybridized carbons (Fsp3) is 0.188. The summed E-state index contributed by atoms with van der Waals surface area (Å²) in [6.07, 6.45) is 3.86. The molecule has 6 rings (SSSR count). The topological polar surface area (TPSA) is 132 Å². The van der Waals surface area contributed by atoms with E-state index in [4.69, 9.17) is 22.1 Å². The molecule has 45 heavy (non-hydrogen) atoms. The summed E-state index contributed by atoms with van der Waals surface area (Å²) in [4.78, 5) is 30.0. The molecule has 0 unspecified atom stereocenters. The Kier molecular flexibility index (Phi) is 7.71. The molecule has 3 aromatic carbocycles. The summed E-state index contributed by atoms with van der Waals surface area (Å²) in [5.74, 6) is -5.08. The van der Waals surface area contributed by atoms with Crippen LogP contribution in [0.1, 0.15) is 50.9 Å². The number of ether oxygens (including phenoxy) is 1. The molecule has 1 saturated carbocycles. The largest absolute Gasteiger partial charge is 0.494 e.